The van der Waals surface area contributed by atoms with Crippen LogP contribution in [0, 0.1) is 0 Å². The molecule has 1 N–H and O–H groups in total. The van der Waals surface area contributed by atoms with E-state index in [9.17, 15) is 0 Å². The zero-order valence-corrected chi connectivity index (χ0v) is 11.7. The quantitative estimate of drug-likeness (QED) is 0.882. The molecule has 3 rings (SSSR count). The fraction of sp³-hybridized carbons (Fsp3) is 0.625. The highest BCUT2D eigenvalue weighted by molar-refractivity contribution is 5.20. The molecule has 0 radical (unpaired) electrons. The Morgan fingerprint density at radius 3 is 2.84 bits per heavy atom. The van der Waals surface area contributed by atoms with Gasteiger partial charge < -0.3 is 10.1 Å². The van der Waals surface area contributed by atoms with Gasteiger partial charge in [0.1, 0.15) is 0 Å². The Bertz CT molecular complexity index is 389. The summed E-state index contributed by atoms with van der Waals surface area (Å²) in [7, 11) is 0. The maximum Gasteiger partial charge on any atom is 0.0622 e. The first-order valence-electron chi connectivity index (χ1n) is 7.46. The molecule has 104 valence electrons. The van der Waals surface area contributed by atoms with Crippen LogP contribution in [0.25, 0.3) is 0 Å². The lowest BCUT2D eigenvalue weighted by Crippen LogP contribution is -2.56. The number of piperazine rings is 1. The van der Waals surface area contributed by atoms with Gasteiger partial charge in [-0.1, -0.05) is 30.3 Å². The first-order valence-corrected chi connectivity index (χ1v) is 7.46. The molecule has 1 aromatic rings. The second-order valence-corrected chi connectivity index (χ2v) is 5.80. The number of nitrogens with one attached hydrogen (secondary N) is 1. The average molecular weight is 260 g/mol. The molecule has 0 aromatic heterocycles. The predicted molar refractivity (Wildman–Crippen MR) is 77.2 cm³/mol. The molecule has 2 aliphatic heterocycles. The summed E-state index contributed by atoms with van der Waals surface area (Å²) in [5.74, 6) is 0. The SMILES string of the molecule is CC1CN(C2CCCOC2)C(c2ccccc2)CN1. The van der Waals surface area contributed by atoms with E-state index < -0.39 is 0 Å². The van der Waals surface area contributed by atoms with Gasteiger partial charge in [0, 0.05) is 37.8 Å². The number of hydrogen-bond acceptors (Lipinski definition) is 3. The number of hydrogen-bond donors (Lipinski definition) is 1. The van der Waals surface area contributed by atoms with E-state index in [1.807, 2.05) is 0 Å². The molecule has 2 saturated heterocycles. The normalized spacial score (nSPS) is 33.2. The second kappa shape index (κ2) is 6.04. The average Bonchev–Trinajstić information content (AvgIpc) is 2.49. The van der Waals surface area contributed by atoms with Crippen molar-refractivity contribution in [3.63, 3.8) is 0 Å². The Balaban J connectivity index is 1.79. The number of rotatable bonds is 2. The first kappa shape index (κ1) is 13.1. The van der Waals surface area contributed by atoms with Crippen LogP contribution in [0.2, 0.25) is 0 Å². The zero-order valence-electron chi connectivity index (χ0n) is 11.7. The summed E-state index contributed by atoms with van der Waals surface area (Å²) < 4.78 is 5.69. The standard InChI is InChI=1S/C16H24N2O/c1-13-11-18(15-8-5-9-19-12-15)16(10-17-13)14-6-3-2-4-7-14/h2-4,6-7,13,15-17H,5,8-12H2,1H3. The molecule has 3 heteroatoms. The first-order chi connectivity index (χ1) is 9.34. The van der Waals surface area contributed by atoms with Crippen molar-refractivity contribution in [1.29, 1.82) is 0 Å². The highest BCUT2D eigenvalue weighted by atomic mass is 16.5. The molecule has 0 saturated carbocycles. The third kappa shape index (κ3) is 2.99. The van der Waals surface area contributed by atoms with Gasteiger partial charge in [0.05, 0.1) is 6.61 Å². The van der Waals surface area contributed by atoms with Crippen LogP contribution in [-0.4, -0.2) is 43.3 Å². The summed E-state index contributed by atoms with van der Waals surface area (Å²) in [6.45, 7) is 6.28. The van der Waals surface area contributed by atoms with Crippen molar-refractivity contribution in [3.05, 3.63) is 35.9 Å². The van der Waals surface area contributed by atoms with Gasteiger partial charge in [-0.3, -0.25) is 4.90 Å². The Morgan fingerprint density at radius 1 is 1.26 bits per heavy atom. The minimum atomic E-state index is 0.490. The number of nitrogens with zero attached hydrogens (tertiary/aromatic N) is 1. The molecule has 2 aliphatic rings. The van der Waals surface area contributed by atoms with E-state index in [4.69, 9.17) is 4.74 Å². The molecule has 0 amide bonds. The van der Waals surface area contributed by atoms with Crippen molar-refractivity contribution < 1.29 is 4.74 Å². The third-order valence-corrected chi connectivity index (χ3v) is 4.33. The molecule has 19 heavy (non-hydrogen) atoms. The molecule has 3 nitrogen and oxygen atoms in total. The van der Waals surface area contributed by atoms with Gasteiger partial charge in [0.2, 0.25) is 0 Å². The van der Waals surface area contributed by atoms with Crippen LogP contribution in [-0.2, 0) is 4.74 Å². The van der Waals surface area contributed by atoms with Gasteiger partial charge in [0.25, 0.3) is 0 Å². The van der Waals surface area contributed by atoms with Gasteiger partial charge in [-0.25, -0.2) is 0 Å². The zero-order chi connectivity index (χ0) is 13.1. The highest BCUT2D eigenvalue weighted by Gasteiger charge is 2.33. The Morgan fingerprint density at radius 2 is 2.11 bits per heavy atom. The second-order valence-electron chi connectivity index (χ2n) is 5.80. The van der Waals surface area contributed by atoms with Crippen LogP contribution in [0.3, 0.4) is 0 Å². The Kier molecular flexibility index (Phi) is 4.16. The minimum absolute atomic E-state index is 0.490. The van der Waals surface area contributed by atoms with Crippen molar-refractivity contribution in [3.8, 4) is 0 Å². The van der Waals surface area contributed by atoms with Gasteiger partial charge in [-0.15, -0.1) is 0 Å². The van der Waals surface area contributed by atoms with Gasteiger partial charge in [-0.2, -0.15) is 0 Å². The minimum Gasteiger partial charge on any atom is -0.380 e. The molecule has 2 fully saturated rings. The Hall–Kier alpha value is -0.900. The summed E-state index contributed by atoms with van der Waals surface area (Å²) in [4.78, 5) is 2.66. The molecule has 0 bridgehead atoms. The van der Waals surface area contributed by atoms with E-state index in [1.54, 1.807) is 0 Å². The molecule has 3 unspecified atom stereocenters. The summed E-state index contributed by atoms with van der Waals surface area (Å²) in [5.41, 5.74) is 1.42. The van der Waals surface area contributed by atoms with Crippen LogP contribution in [0.1, 0.15) is 31.4 Å². The predicted octanol–water partition coefficient (Wildman–Crippen LogP) is 2.20. The summed E-state index contributed by atoms with van der Waals surface area (Å²) >= 11 is 0. The van der Waals surface area contributed by atoms with E-state index in [-0.39, 0.29) is 0 Å². The van der Waals surface area contributed by atoms with Crippen LogP contribution >= 0.6 is 0 Å². The molecule has 1 aromatic carbocycles. The lowest BCUT2D eigenvalue weighted by molar-refractivity contribution is -0.0147. The highest BCUT2D eigenvalue weighted by Crippen LogP contribution is 2.28. The van der Waals surface area contributed by atoms with Crippen molar-refractivity contribution in [2.75, 3.05) is 26.3 Å². The summed E-state index contributed by atoms with van der Waals surface area (Å²) in [5, 5.41) is 3.62. The molecule has 3 atom stereocenters. The topological polar surface area (TPSA) is 24.5 Å². The van der Waals surface area contributed by atoms with Crippen LogP contribution in [0.4, 0.5) is 0 Å². The van der Waals surface area contributed by atoms with E-state index >= 15 is 0 Å². The smallest absolute Gasteiger partial charge is 0.0622 e. The van der Waals surface area contributed by atoms with E-state index in [1.165, 1.54) is 18.4 Å². The van der Waals surface area contributed by atoms with E-state index in [0.717, 1.165) is 26.3 Å². The fourth-order valence-corrected chi connectivity index (χ4v) is 3.31. The van der Waals surface area contributed by atoms with Crippen molar-refractivity contribution in [2.45, 2.75) is 37.9 Å². The lowest BCUT2D eigenvalue weighted by atomic mass is 9.97. The lowest BCUT2D eigenvalue weighted by Gasteiger charge is -2.45. The molecule has 0 spiro atoms. The van der Waals surface area contributed by atoms with E-state index in [2.05, 4.69) is 47.5 Å². The summed E-state index contributed by atoms with van der Waals surface area (Å²) in [6, 6.07) is 12.5. The van der Waals surface area contributed by atoms with Gasteiger partial charge in [-0.05, 0) is 25.3 Å². The molecule has 0 aliphatic carbocycles. The van der Waals surface area contributed by atoms with Crippen LogP contribution in [0.5, 0.6) is 0 Å². The number of benzene rings is 1. The molecular weight excluding hydrogens is 236 g/mol. The maximum absolute atomic E-state index is 5.69. The Labute approximate surface area is 115 Å². The van der Waals surface area contributed by atoms with Crippen LogP contribution in [0.15, 0.2) is 30.3 Å². The molecule has 2 heterocycles. The van der Waals surface area contributed by atoms with Crippen molar-refractivity contribution >= 4 is 0 Å². The van der Waals surface area contributed by atoms with Gasteiger partial charge >= 0.3 is 0 Å². The van der Waals surface area contributed by atoms with Crippen molar-refractivity contribution in [1.82, 2.24) is 10.2 Å². The number of ether oxygens (including phenoxy) is 1. The largest absolute Gasteiger partial charge is 0.380 e. The fourth-order valence-electron chi connectivity index (χ4n) is 3.31. The van der Waals surface area contributed by atoms with Crippen LogP contribution < -0.4 is 5.32 Å². The van der Waals surface area contributed by atoms with Crippen molar-refractivity contribution in [2.24, 2.45) is 0 Å². The molecular formula is C16H24N2O. The van der Waals surface area contributed by atoms with E-state index in [0.29, 0.717) is 18.1 Å². The van der Waals surface area contributed by atoms with Gasteiger partial charge in [0.15, 0.2) is 0 Å². The third-order valence-electron chi connectivity index (χ3n) is 4.33. The summed E-state index contributed by atoms with van der Waals surface area (Å²) in [6.07, 6.45) is 2.47. The maximum atomic E-state index is 5.69. The monoisotopic (exact) mass is 260 g/mol.